The molecule has 0 spiro atoms. The summed E-state index contributed by atoms with van der Waals surface area (Å²) in [5, 5.41) is 54.0. The summed E-state index contributed by atoms with van der Waals surface area (Å²) in [6, 6.07) is 12.5. The highest BCUT2D eigenvalue weighted by atomic mass is 16.5. The Morgan fingerprint density at radius 3 is 2.31 bits per heavy atom. The van der Waals surface area contributed by atoms with Crippen LogP contribution < -0.4 is 5.32 Å². The van der Waals surface area contributed by atoms with Crippen LogP contribution in [0.4, 0.5) is 22.0 Å². The summed E-state index contributed by atoms with van der Waals surface area (Å²) in [6.45, 7) is 10.4. The van der Waals surface area contributed by atoms with Gasteiger partial charge in [0.2, 0.25) is 0 Å². The molecule has 1 unspecified atom stereocenters. The van der Waals surface area contributed by atoms with E-state index in [0.29, 0.717) is 46.6 Å². The minimum atomic E-state index is -1.34. The third-order valence-corrected chi connectivity index (χ3v) is 8.15. The zero-order chi connectivity index (χ0) is 36.9. The van der Waals surface area contributed by atoms with E-state index in [-0.39, 0.29) is 28.2 Å². The van der Waals surface area contributed by atoms with Crippen LogP contribution >= 0.6 is 0 Å². The number of carboxylic acid groups (broad SMARTS) is 2. The molecule has 0 aliphatic carbocycles. The normalized spacial score (nSPS) is 12.2. The lowest BCUT2D eigenvalue weighted by Crippen LogP contribution is -2.18. The van der Waals surface area contributed by atoms with Crippen molar-refractivity contribution < 1.29 is 29.3 Å². The molecule has 3 heterocycles. The van der Waals surface area contributed by atoms with Crippen molar-refractivity contribution in [2.75, 3.05) is 11.9 Å². The van der Waals surface area contributed by atoms with Gasteiger partial charge in [-0.2, -0.15) is 15.5 Å². The maximum Gasteiger partial charge on any atom is 0.411 e. The van der Waals surface area contributed by atoms with Crippen LogP contribution in [0.2, 0.25) is 0 Å². The standard InChI is InChI=1S/C35H38N10O6/c1-6-8-9-20(7-2)19-51-34(50)38-25-12-10-21(11-13-25)29-39-31-27(28(35(3,4)5)42-45(31)43-29)40-41-30-24(17-36)18-37-44(30)26-15-22(32(46)47)14-23(16-26)33(48)49/h10-16,18,20H,6-9,19H2,1-5H3,(H,38,50)(H,39,43)(H,46,47)(H,48,49)/b41-40+. The lowest BCUT2D eigenvalue weighted by atomic mass is 9.91. The van der Waals surface area contributed by atoms with Gasteiger partial charge in [-0.15, -0.1) is 20.0 Å². The number of H-pyrrole nitrogens is 1. The van der Waals surface area contributed by atoms with Gasteiger partial charge in [-0.3, -0.25) is 5.32 Å². The third kappa shape index (κ3) is 8.10. The molecule has 1 atom stereocenters. The number of aromatic amines is 1. The molecular weight excluding hydrogens is 656 g/mol. The fourth-order valence-corrected chi connectivity index (χ4v) is 5.28. The number of hydrogen-bond acceptors (Lipinski definition) is 10. The largest absolute Gasteiger partial charge is 0.478 e. The number of rotatable bonds is 13. The van der Waals surface area contributed by atoms with E-state index in [4.69, 9.17) is 4.74 Å². The van der Waals surface area contributed by atoms with Crippen LogP contribution in [0.25, 0.3) is 22.7 Å². The molecule has 0 saturated carbocycles. The number of aromatic carboxylic acids is 2. The number of fused-ring (bicyclic) bond motifs is 1. The summed E-state index contributed by atoms with van der Waals surface area (Å²) in [5.74, 6) is -1.94. The molecule has 0 aliphatic heterocycles. The number of amides is 1. The molecule has 1 amide bonds. The van der Waals surface area contributed by atoms with Crippen LogP contribution in [0.1, 0.15) is 92.3 Å². The van der Waals surface area contributed by atoms with Crippen molar-refractivity contribution >= 4 is 40.9 Å². The Morgan fingerprint density at radius 1 is 1.04 bits per heavy atom. The fraction of sp³-hybridized carbons (Fsp3) is 0.343. The molecule has 4 N–H and O–H groups in total. The van der Waals surface area contributed by atoms with Crippen molar-refractivity contribution in [1.82, 2.24) is 29.6 Å². The lowest BCUT2D eigenvalue weighted by molar-refractivity contribution is 0.0696. The second-order valence-electron chi connectivity index (χ2n) is 13.0. The zero-order valence-electron chi connectivity index (χ0n) is 28.8. The molecule has 5 aromatic rings. The van der Waals surface area contributed by atoms with E-state index in [1.165, 1.54) is 23.0 Å². The average Bonchev–Trinajstić information content (AvgIpc) is 3.80. The van der Waals surface area contributed by atoms with Crippen LogP contribution in [0, 0.1) is 17.2 Å². The number of nitriles is 1. The van der Waals surface area contributed by atoms with Crippen LogP contribution in [0.3, 0.4) is 0 Å². The quantitative estimate of drug-likeness (QED) is 0.0880. The highest BCUT2D eigenvalue weighted by Crippen LogP contribution is 2.36. The van der Waals surface area contributed by atoms with E-state index in [1.54, 1.807) is 24.3 Å². The topological polar surface area (TPSA) is 225 Å². The molecule has 0 saturated heterocycles. The van der Waals surface area contributed by atoms with Gasteiger partial charge in [0.15, 0.2) is 23.0 Å². The second kappa shape index (κ2) is 15.0. The Balaban J connectivity index is 1.44. The van der Waals surface area contributed by atoms with Gasteiger partial charge in [-0.05, 0) is 54.8 Å². The first-order chi connectivity index (χ1) is 24.3. The van der Waals surface area contributed by atoms with E-state index >= 15 is 0 Å². The Bertz CT molecular complexity index is 2120. The molecule has 51 heavy (non-hydrogen) atoms. The van der Waals surface area contributed by atoms with E-state index < -0.39 is 23.4 Å². The van der Waals surface area contributed by atoms with Crippen LogP contribution in [0.5, 0.6) is 0 Å². The summed E-state index contributed by atoms with van der Waals surface area (Å²) in [6.07, 6.45) is 4.87. The van der Waals surface area contributed by atoms with Gasteiger partial charge in [-0.1, -0.05) is 53.9 Å². The maximum absolute atomic E-state index is 12.4. The first-order valence-electron chi connectivity index (χ1n) is 16.4. The first-order valence-corrected chi connectivity index (χ1v) is 16.4. The van der Waals surface area contributed by atoms with Crippen molar-refractivity contribution in [1.29, 1.82) is 5.26 Å². The predicted octanol–water partition coefficient (Wildman–Crippen LogP) is 7.66. The minimum Gasteiger partial charge on any atom is -0.478 e. The van der Waals surface area contributed by atoms with Crippen LogP contribution in [-0.4, -0.2) is 64.4 Å². The minimum absolute atomic E-state index is 0.0154. The van der Waals surface area contributed by atoms with Gasteiger partial charge in [0.1, 0.15) is 11.6 Å². The van der Waals surface area contributed by atoms with Crippen molar-refractivity contribution in [2.24, 2.45) is 16.1 Å². The number of carboxylic acids is 2. The Hall–Kier alpha value is -6.37. The lowest BCUT2D eigenvalue weighted by Gasteiger charge is -2.15. The summed E-state index contributed by atoms with van der Waals surface area (Å²) < 4.78 is 8.00. The summed E-state index contributed by atoms with van der Waals surface area (Å²) >= 11 is 0. The molecule has 5 rings (SSSR count). The third-order valence-electron chi connectivity index (χ3n) is 8.15. The number of azo groups is 1. The molecular formula is C35H38N10O6. The summed E-state index contributed by atoms with van der Waals surface area (Å²) in [7, 11) is 0. The maximum atomic E-state index is 12.4. The molecule has 3 aromatic heterocycles. The van der Waals surface area contributed by atoms with E-state index in [1.807, 2.05) is 26.8 Å². The van der Waals surface area contributed by atoms with Gasteiger partial charge in [0.05, 0.1) is 35.3 Å². The molecule has 0 bridgehead atoms. The molecule has 0 fully saturated rings. The van der Waals surface area contributed by atoms with Crippen molar-refractivity contribution in [3.8, 4) is 23.1 Å². The van der Waals surface area contributed by atoms with Gasteiger partial charge in [-0.25, -0.2) is 19.1 Å². The van der Waals surface area contributed by atoms with Gasteiger partial charge in [0, 0.05) is 16.7 Å². The van der Waals surface area contributed by atoms with E-state index in [9.17, 15) is 29.9 Å². The number of carbonyl (C=O) groups is 3. The molecule has 264 valence electrons. The van der Waals surface area contributed by atoms with Crippen molar-refractivity contribution in [2.45, 2.75) is 65.7 Å². The highest BCUT2D eigenvalue weighted by Gasteiger charge is 2.27. The Morgan fingerprint density at radius 2 is 1.73 bits per heavy atom. The molecule has 0 aliphatic rings. The number of anilines is 1. The number of aromatic nitrogens is 6. The first kappa shape index (κ1) is 35.9. The summed E-state index contributed by atoms with van der Waals surface area (Å²) in [4.78, 5) is 39.1. The van der Waals surface area contributed by atoms with Gasteiger partial charge < -0.3 is 19.9 Å². The number of ether oxygens (including phenoxy) is 1. The van der Waals surface area contributed by atoms with E-state index in [0.717, 1.165) is 36.4 Å². The average molecular weight is 695 g/mol. The molecule has 0 radical (unpaired) electrons. The number of nitrogens with one attached hydrogen (secondary N) is 2. The molecule has 16 nitrogen and oxygen atoms in total. The predicted molar refractivity (Wildman–Crippen MR) is 186 cm³/mol. The van der Waals surface area contributed by atoms with Gasteiger partial charge in [0.25, 0.3) is 0 Å². The monoisotopic (exact) mass is 694 g/mol. The molecule has 2 aromatic carbocycles. The summed E-state index contributed by atoms with van der Waals surface area (Å²) in [5.41, 5.74) is 1.52. The van der Waals surface area contributed by atoms with Crippen LogP contribution in [0.15, 0.2) is 58.9 Å². The SMILES string of the molecule is CCCCC(CC)COC(=O)Nc1ccc(-c2nn3nc(C(C)(C)C)c(/N=N/c4c(C#N)cnn4-c4cc(C(=O)O)cc(C(=O)O)c4)c3[nH]2)cc1. The number of nitrogens with zero attached hydrogens (tertiary/aromatic N) is 8. The zero-order valence-corrected chi connectivity index (χ0v) is 28.8. The second-order valence-corrected chi connectivity index (χ2v) is 13.0. The van der Waals surface area contributed by atoms with Crippen molar-refractivity contribution in [3.63, 3.8) is 0 Å². The fourth-order valence-electron chi connectivity index (χ4n) is 5.28. The van der Waals surface area contributed by atoms with Gasteiger partial charge >= 0.3 is 18.0 Å². The Labute approximate surface area is 292 Å². The smallest absolute Gasteiger partial charge is 0.411 e. The highest BCUT2D eigenvalue weighted by molar-refractivity contribution is 5.95. The number of hydrogen-bond donors (Lipinski definition) is 4. The number of benzene rings is 2. The number of unbranched alkanes of at least 4 members (excludes halogenated alkanes) is 1. The van der Waals surface area contributed by atoms with E-state index in [2.05, 4.69) is 49.7 Å². The number of carbonyl (C=O) groups excluding carboxylic acids is 1. The molecule has 16 heteroatoms. The van der Waals surface area contributed by atoms with Crippen LogP contribution in [-0.2, 0) is 10.2 Å². The van der Waals surface area contributed by atoms with Crippen molar-refractivity contribution in [3.05, 3.63) is 71.0 Å². The Kier molecular flexibility index (Phi) is 10.6.